The largest absolute Gasteiger partial charge is 0.416 e. The Hall–Kier alpha value is -1.95. The van der Waals surface area contributed by atoms with Crippen LogP contribution in [0.4, 0.5) is 22.0 Å². The zero-order valence-corrected chi connectivity index (χ0v) is 9.96. The molecular formula is C14H9F5O. The molecule has 0 spiro atoms. The Kier molecular flexibility index (Phi) is 3.76. The summed E-state index contributed by atoms with van der Waals surface area (Å²) >= 11 is 0. The van der Waals surface area contributed by atoms with Crippen LogP contribution in [-0.2, 0) is 6.18 Å². The highest BCUT2D eigenvalue weighted by Gasteiger charge is 2.32. The summed E-state index contributed by atoms with van der Waals surface area (Å²) in [5, 5.41) is 9.91. The predicted octanol–water partition coefficient (Wildman–Crippen LogP) is 4.07. The Balaban J connectivity index is 2.48. The first kappa shape index (κ1) is 14.5. The van der Waals surface area contributed by atoms with E-state index in [1.54, 1.807) is 0 Å². The van der Waals surface area contributed by atoms with Gasteiger partial charge >= 0.3 is 6.18 Å². The summed E-state index contributed by atoms with van der Waals surface area (Å²) in [5.74, 6) is -1.93. The molecule has 0 radical (unpaired) electrons. The van der Waals surface area contributed by atoms with E-state index in [9.17, 15) is 27.1 Å². The number of benzene rings is 2. The smallest absolute Gasteiger partial charge is 0.384 e. The van der Waals surface area contributed by atoms with Gasteiger partial charge in [-0.2, -0.15) is 13.2 Å². The van der Waals surface area contributed by atoms with Gasteiger partial charge in [0.2, 0.25) is 0 Å². The lowest BCUT2D eigenvalue weighted by molar-refractivity contribution is -0.137. The number of rotatable bonds is 2. The quantitative estimate of drug-likeness (QED) is 0.826. The van der Waals surface area contributed by atoms with Gasteiger partial charge in [0.1, 0.15) is 17.7 Å². The second-order valence-electron chi connectivity index (χ2n) is 4.20. The van der Waals surface area contributed by atoms with E-state index >= 15 is 0 Å². The van der Waals surface area contributed by atoms with E-state index in [0.717, 1.165) is 12.1 Å². The third-order valence-corrected chi connectivity index (χ3v) is 2.76. The van der Waals surface area contributed by atoms with Crippen molar-refractivity contribution in [1.82, 2.24) is 0 Å². The Bertz CT molecular complexity index is 621. The average Bonchev–Trinajstić information content (AvgIpc) is 2.37. The fraction of sp³-hybridized carbons (Fsp3) is 0.143. The number of hydrogen-bond donors (Lipinski definition) is 1. The van der Waals surface area contributed by atoms with Gasteiger partial charge in [-0.15, -0.1) is 0 Å². The van der Waals surface area contributed by atoms with Crippen LogP contribution < -0.4 is 0 Å². The molecule has 1 unspecified atom stereocenters. The minimum atomic E-state index is -4.74. The van der Waals surface area contributed by atoms with Crippen LogP contribution in [0.15, 0.2) is 42.5 Å². The lowest BCUT2D eigenvalue weighted by Gasteiger charge is -2.15. The van der Waals surface area contributed by atoms with Gasteiger partial charge in [0.15, 0.2) is 0 Å². The molecule has 1 atom stereocenters. The van der Waals surface area contributed by atoms with Crippen LogP contribution in [-0.4, -0.2) is 5.11 Å². The Morgan fingerprint density at radius 3 is 2.20 bits per heavy atom. The SMILES string of the molecule is OC(c1cc(F)cc(C(F)(F)F)c1)c1ccccc1F. The molecule has 2 aromatic carbocycles. The second kappa shape index (κ2) is 5.20. The summed E-state index contributed by atoms with van der Waals surface area (Å²) in [6.45, 7) is 0. The van der Waals surface area contributed by atoms with E-state index in [4.69, 9.17) is 0 Å². The Labute approximate surface area is 111 Å². The molecule has 1 N–H and O–H groups in total. The van der Waals surface area contributed by atoms with Gasteiger partial charge in [0, 0.05) is 5.56 Å². The van der Waals surface area contributed by atoms with Gasteiger partial charge in [0.25, 0.3) is 0 Å². The Morgan fingerprint density at radius 1 is 0.950 bits per heavy atom. The van der Waals surface area contributed by atoms with Crippen LogP contribution in [0.25, 0.3) is 0 Å². The van der Waals surface area contributed by atoms with Gasteiger partial charge in [-0.1, -0.05) is 18.2 Å². The monoisotopic (exact) mass is 288 g/mol. The first-order valence-corrected chi connectivity index (χ1v) is 5.59. The summed E-state index contributed by atoms with van der Waals surface area (Å²) in [6.07, 6.45) is -6.42. The molecule has 20 heavy (non-hydrogen) atoms. The van der Waals surface area contributed by atoms with Gasteiger partial charge in [-0.25, -0.2) is 8.78 Å². The van der Waals surface area contributed by atoms with Crippen molar-refractivity contribution in [1.29, 1.82) is 0 Å². The van der Waals surface area contributed by atoms with Crippen LogP contribution in [0.5, 0.6) is 0 Å². The molecule has 106 valence electrons. The number of alkyl halides is 3. The summed E-state index contributed by atoms with van der Waals surface area (Å²) < 4.78 is 64.4. The van der Waals surface area contributed by atoms with Crippen molar-refractivity contribution < 1.29 is 27.1 Å². The van der Waals surface area contributed by atoms with E-state index in [2.05, 4.69) is 0 Å². The summed E-state index contributed by atoms with van der Waals surface area (Å²) in [7, 11) is 0. The first-order valence-electron chi connectivity index (χ1n) is 5.59. The van der Waals surface area contributed by atoms with E-state index in [0.29, 0.717) is 12.1 Å². The van der Waals surface area contributed by atoms with Gasteiger partial charge < -0.3 is 5.11 Å². The van der Waals surface area contributed by atoms with Crippen LogP contribution >= 0.6 is 0 Å². The number of halogens is 5. The van der Waals surface area contributed by atoms with Crippen LogP contribution in [0, 0.1) is 11.6 Å². The molecule has 0 saturated heterocycles. The molecule has 0 saturated carbocycles. The maximum Gasteiger partial charge on any atom is 0.416 e. The lowest BCUT2D eigenvalue weighted by Crippen LogP contribution is -2.09. The summed E-state index contributed by atoms with van der Waals surface area (Å²) in [4.78, 5) is 0. The molecule has 0 fully saturated rings. The van der Waals surface area contributed by atoms with Crippen molar-refractivity contribution in [2.45, 2.75) is 12.3 Å². The highest BCUT2D eigenvalue weighted by atomic mass is 19.4. The second-order valence-corrected chi connectivity index (χ2v) is 4.20. The normalized spacial score (nSPS) is 13.3. The van der Waals surface area contributed by atoms with Crippen molar-refractivity contribution in [2.75, 3.05) is 0 Å². The molecule has 0 aliphatic rings. The van der Waals surface area contributed by atoms with Crippen molar-refractivity contribution in [3.63, 3.8) is 0 Å². The molecule has 0 aliphatic heterocycles. The van der Waals surface area contributed by atoms with E-state index in [1.165, 1.54) is 18.2 Å². The molecule has 2 rings (SSSR count). The minimum absolute atomic E-state index is 0.216. The van der Waals surface area contributed by atoms with Crippen LogP contribution in [0.1, 0.15) is 22.8 Å². The standard InChI is InChI=1S/C14H9F5O/c15-10-6-8(5-9(7-10)14(17,18)19)13(20)11-3-1-2-4-12(11)16/h1-7,13,20H. The van der Waals surface area contributed by atoms with Gasteiger partial charge in [0.05, 0.1) is 5.56 Å². The first-order chi connectivity index (χ1) is 9.29. The van der Waals surface area contributed by atoms with Crippen molar-refractivity contribution >= 4 is 0 Å². The zero-order chi connectivity index (χ0) is 14.9. The number of aliphatic hydroxyl groups excluding tert-OH is 1. The van der Waals surface area contributed by atoms with Crippen molar-refractivity contribution in [3.05, 3.63) is 70.8 Å². The van der Waals surface area contributed by atoms with Crippen molar-refractivity contribution in [2.24, 2.45) is 0 Å². The van der Waals surface area contributed by atoms with Gasteiger partial charge in [-0.05, 0) is 29.8 Å². The highest BCUT2D eigenvalue weighted by molar-refractivity contribution is 5.34. The van der Waals surface area contributed by atoms with Crippen molar-refractivity contribution in [3.8, 4) is 0 Å². The molecule has 0 heterocycles. The maximum absolute atomic E-state index is 13.5. The highest BCUT2D eigenvalue weighted by Crippen LogP contribution is 2.33. The molecule has 6 heteroatoms. The average molecular weight is 288 g/mol. The fourth-order valence-corrected chi connectivity index (χ4v) is 1.81. The molecule has 0 bridgehead atoms. The lowest BCUT2D eigenvalue weighted by atomic mass is 9.99. The van der Waals surface area contributed by atoms with Crippen LogP contribution in [0.3, 0.4) is 0 Å². The predicted molar refractivity (Wildman–Crippen MR) is 61.9 cm³/mol. The maximum atomic E-state index is 13.5. The summed E-state index contributed by atoms with van der Waals surface area (Å²) in [5.41, 5.74) is -1.81. The molecule has 0 aliphatic carbocycles. The van der Waals surface area contributed by atoms with E-state index in [1.807, 2.05) is 0 Å². The van der Waals surface area contributed by atoms with Crippen LogP contribution in [0.2, 0.25) is 0 Å². The molecule has 0 aromatic heterocycles. The fourth-order valence-electron chi connectivity index (χ4n) is 1.81. The third-order valence-electron chi connectivity index (χ3n) is 2.76. The minimum Gasteiger partial charge on any atom is -0.384 e. The number of aliphatic hydroxyl groups is 1. The topological polar surface area (TPSA) is 20.2 Å². The zero-order valence-electron chi connectivity index (χ0n) is 9.96. The van der Waals surface area contributed by atoms with Gasteiger partial charge in [-0.3, -0.25) is 0 Å². The molecule has 2 aromatic rings. The van der Waals surface area contributed by atoms with E-state index < -0.39 is 29.5 Å². The molecule has 0 amide bonds. The Morgan fingerprint density at radius 2 is 1.60 bits per heavy atom. The number of hydrogen-bond acceptors (Lipinski definition) is 1. The van der Waals surface area contributed by atoms with E-state index in [-0.39, 0.29) is 11.1 Å². The summed E-state index contributed by atoms with van der Waals surface area (Å²) in [6, 6.07) is 6.73. The molecular weight excluding hydrogens is 279 g/mol. The molecule has 1 nitrogen and oxygen atoms in total. The third kappa shape index (κ3) is 2.96.